The van der Waals surface area contributed by atoms with Gasteiger partial charge in [-0.15, -0.1) is 0 Å². The Morgan fingerprint density at radius 1 is 1.32 bits per heavy atom. The molecule has 1 aliphatic heterocycles. The summed E-state index contributed by atoms with van der Waals surface area (Å²) in [6.07, 6.45) is 3.24. The van der Waals surface area contributed by atoms with Crippen LogP contribution >= 0.6 is 23.2 Å². The van der Waals surface area contributed by atoms with E-state index in [-0.39, 0.29) is 5.91 Å². The highest BCUT2D eigenvalue weighted by atomic mass is 35.5. The number of likely N-dealkylation sites (tertiary alicyclic amines) is 1. The summed E-state index contributed by atoms with van der Waals surface area (Å²) in [5.41, 5.74) is 0.477. The summed E-state index contributed by atoms with van der Waals surface area (Å²) < 4.78 is 5.27. The number of amides is 1. The van der Waals surface area contributed by atoms with Crippen LogP contribution in [0.15, 0.2) is 12.1 Å². The second-order valence-electron chi connectivity index (χ2n) is 5.59. The smallest absolute Gasteiger partial charge is 0.257 e. The number of benzene rings is 1. The van der Waals surface area contributed by atoms with Crippen molar-refractivity contribution in [2.45, 2.75) is 19.3 Å². The van der Waals surface area contributed by atoms with Gasteiger partial charge in [0.15, 0.2) is 0 Å². The van der Waals surface area contributed by atoms with Crippen LogP contribution in [-0.2, 0) is 0 Å². The lowest BCUT2D eigenvalue weighted by molar-refractivity contribution is 0.0684. The van der Waals surface area contributed by atoms with E-state index in [1.54, 1.807) is 12.1 Å². The molecule has 1 amide bonds. The lowest BCUT2D eigenvalue weighted by Gasteiger charge is -2.32. The highest BCUT2D eigenvalue weighted by Gasteiger charge is 2.26. The summed E-state index contributed by atoms with van der Waals surface area (Å²) in [7, 11) is 3.50. The average molecular weight is 345 g/mol. The van der Waals surface area contributed by atoms with Crippen molar-refractivity contribution < 1.29 is 9.53 Å². The summed E-state index contributed by atoms with van der Waals surface area (Å²) in [5.74, 6) is 1.12. The highest BCUT2D eigenvalue weighted by Crippen LogP contribution is 2.32. The van der Waals surface area contributed by atoms with Crippen LogP contribution in [0.25, 0.3) is 0 Å². The van der Waals surface area contributed by atoms with Crippen molar-refractivity contribution in [3.63, 3.8) is 0 Å². The first-order chi connectivity index (χ1) is 10.6. The van der Waals surface area contributed by atoms with E-state index in [1.807, 2.05) is 11.9 Å². The summed E-state index contributed by atoms with van der Waals surface area (Å²) in [6, 6.07) is 3.19. The molecule has 1 aliphatic rings. The quantitative estimate of drug-likeness (QED) is 0.889. The second kappa shape index (κ2) is 8.04. The van der Waals surface area contributed by atoms with Gasteiger partial charge in [0.2, 0.25) is 0 Å². The topological polar surface area (TPSA) is 41.6 Å². The Balaban J connectivity index is 2.05. The fourth-order valence-corrected chi connectivity index (χ4v) is 3.13. The molecule has 2 rings (SSSR count). The molecule has 4 nitrogen and oxygen atoms in total. The van der Waals surface area contributed by atoms with Crippen molar-refractivity contribution in [2.24, 2.45) is 5.92 Å². The highest BCUT2D eigenvalue weighted by molar-refractivity contribution is 6.42. The van der Waals surface area contributed by atoms with Crippen LogP contribution in [-0.4, -0.2) is 44.6 Å². The van der Waals surface area contributed by atoms with Gasteiger partial charge in [-0.2, -0.15) is 0 Å². The van der Waals surface area contributed by atoms with Gasteiger partial charge in [0.05, 0.1) is 22.7 Å². The van der Waals surface area contributed by atoms with Crippen LogP contribution in [0.3, 0.4) is 0 Å². The molecule has 1 saturated heterocycles. The number of hydrogen-bond acceptors (Lipinski definition) is 3. The molecule has 0 aromatic heterocycles. The lowest BCUT2D eigenvalue weighted by Crippen LogP contribution is -2.39. The molecule has 0 aliphatic carbocycles. The molecule has 0 saturated carbocycles. The van der Waals surface area contributed by atoms with Gasteiger partial charge >= 0.3 is 0 Å². The lowest BCUT2D eigenvalue weighted by atomic mass is 9.93. The molecule has 0 radical (unpaired) electrons. The van der Waals surface area contributed by atoms with E-state index in [1.165, 1.54) is 7.11 Å². The maximum Gasteiger partial charge on any atom is 0.257 e. The number of nitrogens with zero attached hydrogens (tertiary/aromatic N) is 1. The van der Waals surface area contributed by atoms with Crippen LogP contribution in [0.4, 0.5) is 0 Å². The van der Waals surface area contributed by atoms with E-state index in [0.29, 0.717) is 27.3 Å². The fraction of sp³-hybridized carbons (Fsp3) is 0.562. The molecule has 0 bridgehead atoms. The van der Waals surface area contributed by atoms with Gasteiger partial charge in [-0.1, -0.05) is 23.2 Å². The van der Waals surface area contributed by atoms with Crippen molar-refractivity contribution in [1.82, 2.24) is 10.2 Å². The number of halogens is 2. The molecular weight excluding hydrogens is 323 g/mol. The molecule has 1 aromatic rings. The second-order valence-corrected chi connectivity index (χ2v) is 6.41. The summed E-state index contributed by atoms with van der Waals surface area (Å²) >= 11 is 12.0. The van der Waals surface area contributed by atoms with Crippen molar-refractivity contribution in [3.8, 4) is 5.75 Å². The number of hydrogen-bond donors (Lipinski definition) is 1. The molecule has 1 fully saturated rings. The Labute approximate surface area is 141 Å². The molecule has 0 atom stereocenters. The van der Waals surface area contributed by atoms with Crippen LogP contribution in [0.1, 0.15) is 29.6 Å². The Kier molecular flexibility index (Phi) is 6.36. The molecule has 1 aromatic carbocycles. The maximum absolute atomic E-state index is 12.7. The zero-order valence-electron chi connectivity index (χ0n) is 13.0. The Morgan fingerprint density at radius 3 is 2.55 bits per heavy atom. The summed E-state index contributed by atoms with van der Waals surface area (Å²) in [6.45, 7) is 2.58. The van der Waals surface area contributed by atoms with Gasteiger partial charge in [-0.25, -0.2) is 0 Å². The third-order valence-electron chi connectivity index (χ3n) is 4.18. The third-order valence-corrected chi connectivity index (χ3v) is 4.90. The third kappa shape index (κ3) is 4.06. The van der Waals surface area contributed by atoms with Gasteiger partial charge < -0.3 is 15.0 Å². The number of methoxy groups -OCH3 is 1. The number of nitrogens with one attached hydrogen (secondary N) is 1. The van der Waals surface area contributed by atoms with Crippen molar-refractivity contribution in [2.75, 3.05) is 33.8 Å². The van der Waals surface area contributed by atoms with Gasteiger partial charge in [0.1, 0.15) is 5.75 Å². The minimum absolute atomic E-state index is 0.0394. The van der Waals surface area contributed by atoms with Crippen molar-refractivity contribution >= 4 is 29.1 Å². The van der Waals surface area contributed by atoms with Gasteiger partial charge in [-0.05, 0) is 44.8 Å². The van der Waals surface area contributed by atoms with Gasteiger partial charge in [-0.3, -0.25) is 4.79 Å². The Bertz CT molecular complexity index is 529. The molecule has 22 heavy (non-hydrogen) atoms. The Hall–Kier alpha value is -0.970. The van der Waals surface area contributed by atoms with E-state index in [4.69, 9.17) is 27.9 Å². The number of rotatable bonds is 5. The largest absolute Gasteiger partial charge is 0.496 e. The van der Waals surface area contributed by atoms with E-state index in [2.05, 4.69) is 5.32 Å². The molecule has 6 heteroatoms. The van der Waals surface area contributed by atoms with Crippen molar-refractivity contribution in [3.05, 3.63) is 27.7 Å². The van der Waals surface area contributed by atoms with Gasteiger partial charge in [0.25, 0.3) is 5.91 Å². The van der Waals surface area contributed by atoms with Crippen LogP contribution in [0.2, 0.25) is 10.0 Å². The molecule has 122 valence electrons. The number of carbonyl (C=O) groups is 1. The predicted molar refractivity (Wildman–Crippen MR) is 90.2 cm³/mol. The zero-order valence-corrected chi connectivity index (χ0v) is 14.5. The fourth-order valence-electron chi connectivity index (χ4n) is 2.81. The first kappa shape index (κ1) is 17.4. The van der Waals surface area contributed by atoms with Crippen LogP contribution in [0, 0.1) is 5.92 Å². The average Bonchev–Trinajstić information content (AvgIpc) is 2.54. The Morgan fingerprint density at radius 2 is 1.95 bits per heavy atom. The van der Waals surface area contributed by atoms with E-state index < -0.39 is 0 Å². The molecule has 0 spiro atoms. The number of carbonyl (C=O) groups excluding carboxylic acids is 1. The van der Waals surface area contributed by atoms with E-state index in [9.17, 15) is 4.79 Å². The zero-order chi connectivity index (χ0) is 16.1. The molecule has 1 N–H and O–H groups in total. The normalized spacial score (nSPS) is 15.9. The number of ether oxygens (including phenoxy) is 1. The predicted octanol–water partition coefficient (Wildman–Crippen LogP) is 3.46. The summed E-state index contributed by atoms with van der Waals surface area (Å²) in [5, 5.41) is 3.94. The maximum atomic E-state index is 12.7. The van der Waals surface area contributed by atoms with E-state index in [0.717, 1.165) is 38.9 Å². The minimum atomic E-state index is -0.0394. The first-order valence-corrected chi connectivity index (χ1v) is 8.29. The van der Waals surface area contributed by atoms with Gasteiger partial charge in [0, 0.05) is 19.2 Å². The minimum Gasteiger partial charge on any atom is -0.496 e. The number of piperidine rings is 1. The van der Waals surface area contributed by atoms with Crippen LogP contribution in [0.5, 0.6) is 5.75 Å². The van der Waals surface area contributed by atoms with Crippen LogP contribution < -0.4 is 10.1 Å². The molecular formula is C16H22Cl2N2O2. The standard InChI is InChI=1S/C16H22Cl2N2O2/c1-19-6-3-11-4-7-20(8-5-11)16(21)12-9-13(17)14(18)10-15(12)22-2/h9-11,19H,3-8H2,1-2H3. The monoisotopic (exact) mass is 344 g/mol. The molecule has 0 unspecified atom stereocenters. The van der Waals surface area contributed by atoms with Crippen molar-refractivity contribution in [1.29, 1.82) is 0 Å². The SMILES string of the molecule is CNCCC1CCN(C(=O)c2cc(Cl)c(Cl)cc2OC)CC1. The molecule has 1 heterocycles. The van der Waals surface area contributed by atoms with E-state index >= 15 is 0 Å². The summed E-state index contributed by atoms with van der Waals surface area (Å²) in [4.78, 5) is 14.6. The first-order valence-electron chi connectivity index (χ1n) is 7.53.